The molecule has 1 spiro atoms. The highest BCUT2D eigenvalue weighted by atomic mass is 32.2. The summed E-state index contributed by atoms with van der Waals surface area (Å²) in [5, 5.41) is 9.15. The van der Waals surface area contributed by atoms with Crippen LogP contribution in [0.15, 0.2) is 22.7 Å². The molecule has 0 aromatic carbocycles. The van der Waals surface area contributed by atoms with E-state index in [0.717, 1.165) is 5.56 Å². The van der Waals surface area contributed by atoms with Crippen molar-refractivity contribution in [2.75, 3.05) is 13.1 Å². The number of hydrogen-bond acceptors (Lipinski definition) is 5. The number of carboxylic acid groups (broad SMARTS) is 1. The van der Waals surface area contributed by atoms with Crippen LogP contribution in [0.25, 0.3) is 0 Å². The van der Waals surface area contributed by atoms with Crippen LogP contribution in [-0.4, -0.2) is 54.8 Å². The van der Waals surface area contributed by atoms with E-state index in [1.54, 1.807) is 12.3 Å². The zero-order valence-corrected chi connectivity index (χ0v) is 14.8. The number of aromatic nitrogens is 1. The highest BCUT2D eigenvalue weighted by Crippen LogP contribution is 2.41. The summed E-state index contributed by atoms with van der Waals surface area (Å²) in [6.07, 6.45) is 1.64. The quantitative estimate of drug-likeness (QED) is 0.783. The average molecular weight is 351 g/mol. The number of pyridine rings is 1. The van der Waals surface area contributed by atoms with Crippen molar-refractivity contribution >= 4 is 23.2 Å². The summed E-state index contributed by atoms with van der Waals surface area (Å²) in [4.78, 5) is 16.8. The Kier molecular flexibility index (Phi) is 4.21. The molecule has 0 radical (unpaired) electrons. The van der Waals surface area contributed by atoms with Crippen LogP contribution in [0.5, 0.6) is 5.88 Å². The maximum absolute atomic E-state index is 12.6. The van der Waals surface area contributed by atoms with E-state index in [-0.39, 0.29) is 0 Å². The summed E-state index contributed by atoms with van der Waals surface area (Å²) >= 11 is -1.43. The third kappa shape index (κ3) is 2.95. The molecule has 2 aliphatic rings. The van der Waals surface area contributed by atoms with Crippen LogP contribution < -0.4 is 4.74 Å². The number of likely N-dealkylation sites (tertiary alicyclic amines) is 1. The summed E-state index contributed by atoms with van der Waals surface area (Å²) in [6.45, 7) is 6.31. The van der Waals surface area contributed by atoms with E-state index < -0.39 is 27.8 Å². The maximum Gasteiger partial charge on any atom is 0.407 e. The fourth-order valence-corrected chi connectivity index (χ4v) is 3.59. The van der Waals surface area contributed by atoms with Crippen LogP contribution in [0.3, 0.4) is 0 Å². The van der Waals surface area contributed by atoms with Crippen molar-refractivity contribution in [2.45, 2.75) is 44.0 Å². The molecule has 1 aromatic heterocycles. The average Bonchev–Trinajstić information content (AvgIpc) is 2.80. The van der Waals surface area contributed by atoms with Gasteiger partial charge in [0.2, 0.25) is 5.88 Å². The first-order chi connectivity index (χ1) is 11.2. The SMILES string of the molecule is CC(C)(C)[S@@+]([O-])N=C1c2cccnc2OC12CCN(C(=O)O)CC2. The standard InChI is InChI=1S/C16H21N3O4S/c1-15(2,3)24(22)18-12-11-5-4-8-17-13(11)23-16(12)6-9-19(10-7-16)14(20)21/h4-5,8H,6-7,9-10H2,1-3H3,(H,20,21)/t24-/m1/s1. The largest absolute Gasteiger partial charge is 0.591 e. The molecule has 24 heavy (non-hydrogen) atoms. The smallest absolute Gasteiger partial charge is 0.407 e. The number of amides is 1. The molecule has 1 atom stereocenters. The molecule has 0 saturated carbocycles. The normalized spacial score (nSPS) is 22.3. The second-order valence-electron chi connectivity index (χ2n) is 7.02. The molecule has 0 aliphatic carbocycles. The van der Waals surface area contributed by atoms with E-state index in [4.69, 9.17) is 9.84 Å². The monoisotopic (exact) mass is 351 g/mol. The fraction of sp³-hybridized carbons (Fsp3) is 0.562. The molecule has 1 fully saturated rings. The highest BCUT2D eigenvalue weighted by molar-refractivity contribution is 7.91. The van der Waals surface area contributed by atoms with Crippen molar-refractivity contribution in [3.05, 3.63) is 23.9 Å². The molecule has 0 unspecified atom stereocenters. The van der Waals surface area contributed by atoms with Crippen molar-refractivity contribution in [1.29, 1.82) is 0 Å². The summed E-state index contributed by atoms with van der Waals surface area (Å²) in [7, 11) is 0. The van der Waals surface area contributed by atoms with Crippen LogP contribution in [0, 0.1) is 0 Å². The summed E-state index contributed by atoms with van der Waals surface area (Å²) in [5.74, 6) is 0.478. The van der Waals surface area contributed by atoms with Gasteiger partial charge in [-0.3, -0.25) is 0 Å². The van der Waals surface area contributed by atoms with E-state index in [1.807, 2.05) is 26.8 Å². The Morgan fingerprint density at radius 2 is 2.12 bits per heavy atom. The number of piperidine rings is 1. The lowest BCUT2D eigenvalue weighted by atomic mass is 9.85. The van der Waals surface area contributed by atoms with Gasteiger partial charge >= 0.3 is 6.09 Å². The van der Waals surface area contributed by atoms with Gasteiger partial charge in [0.1, 0.15) is 21.8 Å². The van der Waals surface area contributed by atoms with Crippen LogP contribution in [-0.2, 0) is 11.4 Å². The summed E-state index contributed by atoms with van der Waals surface area (Å²) in [5.41, 5.74) is 0.631. The molecule has 0 bridgehead atoms. The zero-order valence-electron chi connectivity index (χ0n) is 14.0. The molecular weight excluding hydrogens is 330 g/mol. The Bertz CT molecular complexity index is 678. The highest BCUT2D eigenvalue weighted by Gasteiger charge is 2.51. The molecular formula is C16H21N3O4S. The van der Waals surface area contributed by atoms with Gasteiger partial charge in [0.05, 0.1) is 5.56 Å². The van der Waals surface area contributed by atoms with Crippen molar-refractivity contribution in [2.24, 2.45) is 4.40 Å². The fourth-order valence-electron chi connectivity index (χ4n) is 2.88. The van der Waals surface area contributed by atoms with E-state index in [2.05, 4.69) is 9.38 Å². The molecule has 3 heterocycles. The first-order valence-electron chi connectivity index (χ1n) is 7.86. The summed E-state index contributed by atoms with van der Waals surface area (Å²) < 4.78 is 22.7. The van der Waals surface area contributed by atoms with E-state index >= 15 is 0 Å². The first kappa shape index (κ1) is 17.0. The third-order valence-electron chi connectivity index (χ3n) is 4.29. The van der Waals surface area contributed by atoms with Gasteiger partial charge in [-0.15, -0.1) is 0 Å². The zero-order chi connectivity index (χ0) is 17.5. The molecule has 1 aromatic rings. The Morgan fingerprint density at radius 1 is 1.46 bits per heavy atom. The van der Waals surface area contributed by atoms with E-state index in [1.165, 1.54) is 4.90 Å². The number of nitrogens with zero attached hydrogens (tertiary/aromatic N) is 3. The lowest BCUT2D eigenvalue weighted by Crippen LogP contribution is -2.52. The number of rotatable bonds is 1. The molecule has 1 saturated heterocycles. The van der Waals surface area contributed by atoms with Gasteiger partial charge in [0.25, 0.3) is 0 Å². The topological polar surface area (TPSA) is 98.1 Å². The Labute approximate surface area is 144 Å². The number of fused-ring (bicyclic) bond motifs is 1. The molecule has 1 N–H and O–H groups in total. The minimum Gasteiger partial charge on any atom is -0.591 e. The van der Waals surface area contributed by atoms with Gasteiger partial charge in [-0.25, -0.2) is 9.78 Å². The van der Waals surface area contributed by atoms with Gasteiger partial charge in [0, 0.05) is 32.1 Å². The van der Waals surface area contributed by atoms with Crippen LogP contribution in [0.4, 0.5) is 4.79 Å². The third-order valence-corrected chi connectivity index (χ3v) is 5.69. The predicted octanol–water partition coefficient (Wildman–Crippen LogP) is 2.24. The Morgan fingerprint density at radius 3 is 2.71 bits per heavy atom. The van der Waals surface area contributed by atoms with Gasteiger partial charge in [-0.1, -0.05) is 4.40 Å². The second kappa shape index (κ2) is 5.93. The van der Waals surface area contributed by atoms with Crippen LogP contribution >= 0.6 is 0 Å². The molecule has 8 heteroatoms. The molecule has 1 amide bonds. The molecule has 2 aliphatic heterocycles. The Hall–Kier alpha value is -1.80. The molecule has 7 nitrogen and oxygen atoms in total. The predicted molar refractivity (Wildman–Crippen MR) is 90.9 cm³/mol. The lowest BCUT2D eigenvalue weighted by molar-refractivity contribution is 0.0602. The first-order valence-corrected chi connectivity index (χ1v) is 8.97. The lowest BCUT2D eigenvalue weighted by Gasteiger charge is -2.37. The molecule has 3 rings (SSSR count). The Balaban J connectivity index is 1.98. The van der Waals surface area contributed by atoms with Gasteiger partial charge < -0.3 is 19.3 Å². The minimum atomic E-state index is -1.43. The van der Waals surface area contributed by atoms with Gasteiger partial charge in [-0.2, -0.15) is 0 Å². The van der Waals surface area contributed by atoms with Crippen LogP contribution in [0.2, 0.25) is 0 Å². The van der Waals surface area contributed by atoms with Crippen molar-refractivity contribution in [1.82, 2.24) is 9.88 Å². The van der Waals surface area contributed by atoms with Gasteiger partial charge in [0.15, 0.2) is 5.60 Å². The van der Waals surface area contributed by atoms with Crippen molar-refractivity contribution in [3.8, 4) is 5.88 Å². The minimum absolute atomic E-state index is 0.352. The second-order valence-corrected chi connectivity index (χ2v) is 8.93. The van der Waals surface area contributed by atoms with Crippen molar-refractivity contribution in [3.63, 3.8) is 0 Å². The molecule has 130 valence electrons. The van der Waals surface area contributed by atoms with Crippen LogP contribution in [0.1, 0.15) is 39.2 Å². The number of carbonyl (C=O) groups is 1. The van der Waals surface area contributed by atoms with E-state index in [9.17, 15) is 9.35 Å². The van der Waals surface area contributed by atoms with Gasteiger partial charge in [-0.05, 0) is 32.9 Å². The van der Waals surface area contributed by atoms with E-state index in [0.29, 0.717) is 37.5 Å². The summed E-state index contributed by atoms with van der Waals surface area (Å²) in [6, 6.07) is 3.66. The van der Waals surface area contributed by atoms with Crippen molar-refractivity contribution < 1.29 is 19.2 Å². The number of ether oxygens (including phenoxy) is 1. The number of hydrogen-bond donors (Lipinski definition) is 1. The maximum atomic E-state index is 12.6.